The summed E-state index contributed by atoms with van der Waals surface area (Å²) in [6.07, 6.45) is 2.53. The van der Waals surface area contributed by atoms with Crippen LogP contribution in [0.15, 0.2) is 65.9 Å². The Hall–Kier alpha value is -2.68. The van der Waals surface area contributed by atoms with Gasteiger partial charge in [0.2, 0.25) is 5.91 Å². The predicted octanol–water partition coefficient (Wildman–Crippen LogP) is 4.52. The van der Waals surface area contributed by atoms with Crippen LogP contribution in [0.4, 0.5) is 5.69 Å². The van der Waals surface area contributed by atoms with Crippen molar-refractivity contribution in [1.29, 1.82) is 0 Å². The number of ketones is 1. The minimum Gasteiger partial charge on any atom is -0.294 e. The van der Waals surface area contributed by atoms with Crippen LogP contribution < -0.4 is 4.90 Å². The van der Waals surface area contributed by atoms with Crippen LogP contribution in [0.1, 0.15) is 42.7 Å². The molecular weight excluding hydrogens is 310 g/mol. The molecule has 0 saturated carbocycles. The molecule has 25 heavy (non-hydrogen) atoms. The molecule has 0 N–H and O–H groups in total. The van der Waals surface area contributed by atoms with Gasteiger partial charge in [-0.05, 0) is 43.0 Å². The predicted molar refractivity (Wildman–Crippen MR) is 98.3 cm³/mol. The first-order valence-corrected chi connectivity index (χ1v) is 8.86. The molecule has 1 unspecified atom stereocenters. The minimum absolute atomic E-state index is 0.0768. The molecule has 0 radical (unpaired) electrons. The van der Waals surface area contributed by atoms with Gasteiger partial charge in [0.25, 0.3) is 0 Å². The smallest absolute Gasteiger partial charge is 0.232 e. The molecule has 1 atom stereocenters. The number of para-hydroxylation sites is 1. The van der Waals surface area contributed by atoms with Crippen LogP contribution in [0.25, 0.3) is 0 Å². The number of carbonyl (C=O) groups is 2. The number of aryl methyl sites for hydroxylation is 1. The quantitative estimate of drug-likeness (QED) is 0.811. The van der Waals surface area contributed by atoms with Gasteiger partial charge in [0.1, 0.15) is 0 Å². The fourth-order valence-corrected chi connectivity index (χ4v) is 4.11. The number of amides is 1. The summed E-state index contributed by atoms with van der Waals surface area (Å²) >= 11 is 0. The average molecular weight is 331 g/mol. The molecular formula is C22H21NO2. The summed E-state index contributed by atoms with van der Waals surface area (Å²) in [5.74, 6) is 0.160. The molecule has 0 saturated heterocycles. The molecule has 2 aliphatic rings. The van der Waals surface area contributed by atoms with E-state index in [0.29, 0.717) is 12.8 Å². The lowest BCUT2D eigenvalue weighted by Gasteiger charge is -2.38. The maximum Gasteiger partial charge on any atom is 0.232 e. The van der Waals surface area contributed by atoms with E-state index in [2.05, 4.69) is 19.1 Å². The third kappa shape index (κ3) is 2.70. The molecule has 0 fully saturated rings. The van der Waals surface area contributed by atoms with Crippen molar-refractivity contribution in [2.24, 2.45) is 0 Å². The Morgan fingerprint density at radius 3 is 2.40 bits per heavy atom. The second-order valence-corrected chi connectivity index (χ2v) is 6.82. The fraction of sp³-hybridized carbons (Fsp3) is 0.273. The van der Waals surface area contributed by atoms with Gasteiger partial charge >= 0.3 is 0 Å². The van der Waals surface area contributed by atoms with E-state index < -0.39 is 0 Å². The normalized spacial score (nSPS) is 20.7. The summed E-state index contributed by atoms with van der Waals surface area (Å²) in [6, 6.07) is 17.8. The molecule has 1 amide bonds. The summed E-state index contributed by atoms with van der Waals surface area (Å²) in [5, 5.41) is 0. The third-order valence-corrected chi connectivity index (χ3v) is 5.25. The summed E-state index contributed by atoms with van der Waals surface area (Å²) < 4.78 is 0. The number of Topliss-reactive ketones (excluding diaryl/α,β-unsaturated/α-hetero) is 1. The van der Waals surface area contributed by atoms with Crippen LogP contribution in [0.2, 0.25) is 0 Å². The van der Waals surface area contributed by atoms with E-state index in [1.165, 1.54) is 0 Å². The van der Waals surface area contributed by atoms with Gasteiger partial charge in [-0.2, -0.15) is 0 Å². The van der Waals surface area contributed by atoms with Crippen LogP contribution in [-0.2, 0) is 9.59 Å². The highest BCUT2D eigenvalue weighted by Gasteiger charge is 2.39. The summed E-state index contributed by atoms with van der Waals surface area (Å²) in [6.45, 7) is 2.05. The SMILES string of the molecule is Cc1ccccc1C1CC(=O)N(c2ccccc2)C2=C1C(=O)CCC2. The molecule has 0 aromatic heterocycles. The molecule has 1 aliphatic carbocycles. The second kappa shape index (κ2) is 6.32. The minimum atomic E-state index is -0.114. The van der Waals surface area contributed by atoms with E-state index in [1.54, 1.807) is 4.90 Å². The van der Waals surface area contributed by atoms with E-state index in [9.17, 15) is 9.59 Å². The Morgan fingerprint density at radius 1 is 0.920 bits per heavy atom. The number of hydrogen-bond donors (Lipinski definition) is 0. The van der Waals surface area contributed by atoms with Crippen LogP contribution in [0.5, 0.6) is 0 Å². The Bertz CT molecular complexity index is 867. The highest BCUT2D eigenvalue weighted by atomic mass is 16.2. The van der Waals surface area contributed by atoms with Gasteiger partial charge in [0, 0.05) is 35.7 Å². The van der Waals surface area contributed by atoms with Crippen LogP contribution >= 0.6 is 0 Å². The van der Waals surface area contributed by atoms with Crippen molar-refractivity contribution in [3.05, 3.63) is 77.0 Å². The van der Waals surface area contributed by atoms with Gasteiger partial charge in [-0.15, -0.1) is 0 Å². The molecule has 4 rings (SSSR count). The molecule has 0 spiro atoms. The van der Waals surface area contributed by atoms with E-state index in [4.69, 9.17) is 0 Å². The Morgan fingerprint density at radius 2 is 1.64 bits per heavy atom. The summed E-state index contributed by atoms with van der Waals surface area (Å²) in [7, 11) is 0. The van der Waals surface area contributed by atoms with Crippen molar-refractivity contribution in [2.45, 2.75) is 38.5 Å². The van der Waals surface area contributed by atoms with Gasteiger partial charge in [-0.25, -0.2) is 0 Å². The van der Waals surface area contributed by atoms with Gasteiger partial charge in [0.05, 0.1) is 0 Å². The van der Waals surface area contributed by atoms with Crippen LogP contribution in [0.3, 0.4) is 0 Å². The number of allylic oxidation sites excluding steroid dienone is 2. The number of anilines is 1. The maximum atomic E-state index is 13.0. The molecule has 126 valence electrons. The zero-order valence-electron chi connectivity index (χ0n) is 14.4. The Kier molecular flexibility index (Phi) is 4.00. The lowest BCUT2D eigenvalue weighted by molar-refractivity contribution is -0.119. The van der Waals surface area contributed by atoms with Crippen LogP contribution in [-0.4, -0.2) is 11.7 Å². The van der Waals surface area contributed by atoms with E-state index in [1.807, 2.05) is 42.5 Å². The zero-order chi connectivity index (χ0) is 17.4. The number of benzene rings is 2. The van der Waals surface area contributed by atoms with E-state index in [0.717, 1.165) is 40.9 Å². The van der Waals surface area contributed by atoms with E-state index >= 15 is 0 Å². The van der Waals surface area contributed by atoms with Crippen molar-refractivity contribution in [1.82, 2.24) is 0 Å². The molecule has 1 heterocycles. The zero-order valence-corrected chi connectivity index (χ0v) is 14.4. The highest BCUT2D eigenvalue weighted by Crippen LogP contribution is 2.43. The Balaban J connectivity index is 1.89. The van der Waals surface area contributed by atoms with Crippen molar-refractivity contribution in [3.63, 3.8) is 0 Å². The fourth-order valence-electron chi connectivity index (χ4n) is 4.11. The molecule has 0 bridgehead atoms. The summed E-state index contributed by atoms with van der Waals surface area (Å²) in [4.78, 5) is 27.6. The van der Waals surface area contributed by atoms with Gasteiger partial charge in [0.15, 0.2) is 5.78 Å². The molecule has 2 aromatic carbocycles. The number of hydrogen-bond acceptors (Lipinski definition) is 2. The largest absolute Gasteiger partial charge is 0.294 e. The first-order chi connectivity index (χ1) is 12.2. The number of carbonyl (C=O) groups excluding carboxylic acids is 2. The van der Waals surface area contributed by atoms with Gasteiger partial charge in [-0.1, -0.05) is 42.5 Å². The lowest BCUT2D eigenvalue weighted by atomic mass is 9.76. The first kappa shape index (κ1) is 15.8. The Labute approximate surface area is 148 Å². The van der Waals surface area contributed by atoms with Crippen LogP contribution in [0, 0.1) is 6.92 Å². The van der Waals surface area contributed by atoms with Gasteiger partial charge < -0.3 is 0 Å². The monoisotopic (exact) mass is 331 g/mol. The van der Waals surface area contributed by atoms with Crippen molar-refractivity contribution in [3.8, 4) is 0 Å². The standard InChI is InChI=1S/C22H21NO2/c1-15-8-5-6-11-17(15)18-14-21(25)23(16-9-3-2-4-10-16)19-12-7-13-20(24)22(18)19/h2-6,8-11,18H,7,12-14H2,1H3. The molecule has 3 heteroatoms. The molecule has 3 nitrogen and oxygen atoms in total. The topological polar surface area (TPSA) is 37.4 Å². The summed E-state index contributed by atoms with van der Waals surface area (Å²) in [5.41, 5.74) is 4.86. The number of nitrogens with zero attached hydrogens (tertiary/aromatic N) is 1. The van der Waals surface area contributed by atoms with Crippen molar-refractivity contribution < 1.29 is 9.59 Å². The highest BCUT2D eigenvalue weighted by molar-refractivity contribution is 6.07. The number of rotatable bonds is 2. The molecule has 2 aromatic rings. The first-order valence-electron chi connectivity index (χ1n) is 8.86. The van der Waals surface area contributed by atoms with Crippen molar-refractivity contribution >= 4 is 17.4 Å². The van der Waals surface area contributed by atoms with E-state index in [-0.39, 0.29) is 17.6 Å². The van der Waals surface area contributed by atoms with Gasteiger partial charge in [-0.3, -0.25) is 14.5 Å². The third-order valence-electron chi connectivity index (χ3n) is 5.25. The molecule has 1 aliphatic heterocycles. The lowest BCUT2D eigenvalue weighted by Crippen LogP contribution is -2.40. The average Bonchev–Trinajstić information content (AvgIpc) is 2.62. The van der Waals surface area contributed by atoms with Crippen molar-refractivity contribution in [2.75, 3.05) is 4.90 Å². The maximum absolute atomic E-state index is 13.0. The second-order valence-electron chi connectivity index (χ2n) is 6.82.